The number of nitrogens with one attached hydrogen (secondary N) is 1. The van der Waals surface area contributed by atoms with E-state index in [2.05, 4.69) is 10.1 Å². The fourth-order valence-corrected chi connectivity index (χ4v) is 1.47. The summed E-state index contributed by atoms with van der Waals surface area (Å²) in [5, 5.41) is 2.55. The number of hydrogen-bond acceptors (Lipinski definition) is 4. The number of carbonyl (C=O) groups is 2. The molecule has 1 aromatic rings. The first-order valence-electron chi connectivity index (χ1n) is 6.23. The number of ether oxygens (including phenoxy) is 2. The molecule has 0 radical (unpaired) electrons. The van der Waals surface area contributed by atoms with Gasteiger partial charge in [-0.2, -0.15) is 0 Å². The van der Waals surface area contributed by atoms with E-state index in [1.54, 1.807) is 0 Å². The molecule has 0 spiro atoms. The highest BCUT2D eigenvalue weighted by molar-refractivity contribution is 5.69. The molecule has 0 aliphatic heterocycles. The van der Waals surface area contributed by atoms with E-state index < -0.39 is 6.09 Å². The van der Waals surface area contributed by atoms with Crippen molar-refractivity contribution in [2.75, 3.05) is 13.7 Å². The lowest BCUT2D eigenvalue weighted by Crippen LogP contribution is -2.24. The number of hydrogen-bond donors (Lipinski definition) is 1. The van der Waals surface area contributed by atoms with E-state index in [1.807, 2.05) is 30.3 Å². The number of esters is 1. The molecule has 0 heterocycles. The summed E-state index contributed by atoms with van der Waals surface area (Å²) < 4.78 is 9.55. The van der Waals surface area contributed by atoms with E-state index in [0.29, 0.717) is 26.0 Å². The molecule has 1 aromatic carbocycles. The smallest absolute Gasteiger partial charge is 0.406 e. The number of alkyl carbamates (subject to hydrolysis) is 1. The SMILES string of the molecule is COC(=O)NCCCCC(=O)OCc1ccccc1. The van der Waals surface area contributed by atoms with Crippen LogP contribution in [0.2, 0.25) is 0 Å². The lowest BCUT2D eigenvalue weighted by atomic mass is 10.2. The van der Waals surface area contributed by atoms with Crippen LogP contribution < -0.4 is 5.32 Å². The van der Waals surface area contributed by atoms with E-state index in [9.17, 15) is 9.59 Å². The Morgan fingerprint density at radius 1 is 1.16 bits per heavy atom. The van der Waals surface area contributed by atoms with Gasteiger partial charge in [0, 0.05) is 13.0 Å². The maximum atomic E-state index is 11.4. The molecule has 104 valence electrons. The average Bonchev–Trinajstić information content (AvgIpc) is 2.45. The fourth-order valence-electron chi connectivity index (χ4n) is 1.47. The number of rotatable bonds is 7. The van der Waals surface area contributed by atoms with Crippen molar-refractivity contribution in [3.05, 3.63) is 35.9 Å². The first-order valence-corrected chi connectivity index (χ1v) is 6.23. The van der Waals surface area contributed by atoms with Crippen LogP contribution in [0.15, 0.2) is 30.3 Å². The Kier molecular flexibility index (Phi) is 7.09. The largest absolute Gasteiger partial charge is 0.461 e. The molecule has 1 rings (SSSR count). The van der Waals surface area contributed by atoms with Crippen molar-refractivity contribution in [3.63, 3.8) is 0 Å². The van der Waals surface area contributed by atoms with Crippen LogP contribution >= 0.6 is 0 Å². The van der Waals surface area contributed by atoms with Crippen LogP contribution in [0, 0.1) is 0 Å². The van der Waals surface area contributed by atoms with E-state index in [0.717, 1.165) is 12.0 Å². The Labute approximate surface area is 112 Å². The molecule has 0 fully saturated rings. The second-order valence-corrected chi connectivity index (χ2v) is 4.02. The lowest BCUT2D eigenvalue weighted by molar-refractivity contribution is -0.145. The van der Waals surface area contributed by atoms with Gasteiger partial charge >= 0.3 is 12.1 Å². The summed E-state index contributed by atoms with van der Waals surface area (Å²) in [6, 6.07) is 9.55. The Morgan fingerprint density at radius 2 is 1.89 bits per heavy atom. The van der Waals surface area contributed by atoms with Gasteiger partial charge in [0.1, 0.15) is 6.61 Å². The van der Waals surface area contributed by atoms with Gasteiger partial charge in [-0.05, 0) is 18.4 Å². The summed E-state index contributed by atoms with van der Waals surface area (Å²) >= 11 is 0. The van der Waals surface area contributed by atoms with E-state index in [4.69, 9.17) is 4.74 Å². The first kappa shape index (κ1) is 15.0. The highest BCUT2D eigenvalue weighted by atomic mass is 16.5. The molecule has 0 aliphatic rings. The molecule has 1 amide bonds. The molecule has 0 aromatic heterocycles. The molecule has 0 saturated heterocycles. The molecule has 0 saturated carbocycles. The van der Waals surface area contributed by atoms with Gasteiger partial charge in [-0.25, -0.2) is 4.79 Å². The number of methoxy groups -OCH3 is 1. The third-order valence-corrected chi connectivity index (χ3v) is 2.51. The monoisotopic (exact) mass is 265 g/mol. The molecule has 0 atom stereocenters. The van der Waals surface area contributed by atoms with Crippen molar-refractivity contribution in [1.82, 2.24) is 5.32 Å². The standard InChI is InChI=1S/C14H19NO4/c1-18-14(17)15-10-6-5-9-13(16)19-11-12-7-3-2-4-8-12/h2-4,7-8H,5-6,9-11H2,1H3,(H,15,17). The number of amides is 1. The quantitative estimate of drug-likeness (QED) is 0.606. The molecule has 19 heavy (non-hydrogen) atoms. The lowest BCUT2D eigenvalue weighted by Gasteiger charge is -2.05. The topological polar surface area (TPSA) is 64.6 Å². The second kappa shape index (κ2) is 8.97. The van der Waals surface area contributed by atoms with Gasteiger partial charge < -0.3 is 14.8 Å². The summed E-state index contributed by atoms with van der Waals surface area (Å²) in [7, 11) is 1.32. The molecule has 0 aliphatic carbocycles. The van der Waals surface area contributed by atoms with Crippen molar-refractivity contribution < 1.29 is 19.1 Å². The van der Waals surface area contributed by atoms with E-state index >= 15 is 0 Å². The number of carbonyl (C=O) groups excluding carboxylic acids is 2. The Morgan fingerprint density at radius 3 is 2.58 bits per heavy atom. The average molecular weight is 265 g/mol. The van der Waals surface area contributed by atoms with Gasteiger partial charge in [-0.15, -0.1) is 0 Å². The van der Waals surface area contributed by atoms with E-state index in [1.165, 1.54) is 7.11 Å². The summed E-state index contributed by atoms with van der Waals surface area (Å²) in [5.74, 6) is -0.220. The van der Waals surface area contributed by atoms with Gasteiger partial charge in [-0.1, -0.05) is 30.3 Å². The van der Waals surface area contributed by atoms with Crippen LogP contribution in [-0.2, 0) is 20.9 Å². The van der Waals surface area contributed by atoms with Crippen LogP contribution in [0.25, 0.3) is 0 Å². The normalized spacial score (nSPS) is 9.74. The minimum absolute atomic E-state index is 0.220. The van der Waals surface area contributed by atoms with Gasteiger partial charge in [0.05, 0.1) is 7.11 Å². The summed E-state index contributed by atoms with van der Waals surface area (Å²) in [4.78, 5) is 22.2. The molecule has 1 N–H and O–H groups in total. The maximum absolute atomic E-state index is 11.4. The molecular formula is C14H19NO4. The minimum atomic E-state index is -0.452. The minimum Gasteiger partial charge on any atom is -0.461 e. The zero-order valence-electron chi connectivity index (χ0n) is 11.1. The number of unbranched alkanes of at least 4 members (excludes halogenated alkanes) is 1. The zero-order valence-corrected chi connectivity index (χ0v) is 11.1. The highest BCUT2D eigenvalue weighted by Crippen LogP contribution is 2.03. The fraction of sp³-hybridized carbons (Fsp3) is 0.429. The third kappa shape index (κ3) is 7.08. The van der Waals surface area contributed by atoms with Gasteiger partial charge in [0.2, 0.25) is 0 Å². The van der Waals surface area contributed by atoms with Crippen LogP contribution in [0.4, 0.5) is 4.79 Å². The second-order valence-electron chi connectivity index (χ2n) is 4.02. The van der Waals surface area contributed by atoms with Gasteiger partial charge in [0.15, 0.2) is 0 Å². The van der Waals surface area contributed by atoms with Gasteiger partial charge in [0.25, 0.3) is 0 Å². The Balaban J connectivity index is 2.04. The zero-order chi connectivity index (χ0) is 13.9. The van der Waals surface area contributed by atoms with Crippen LogP contribution in [-0.4, -0.2) is 25.7 Å². The summed E-state index contributed by atoms with van der Waals surface area (Å²) in [6.07, 6.45) is 1.30. The molecule has 0 bridgehead atoms. The van der Waals surface area contributed by atoms with Crippen molar-refractivity contribution in [3.8, 4) is 0 Å². The maximum Gasteiger partial charge on any atom is 0.406 e. The first-order chi connectivity index (χ1) is 9.22. The Hall–Kier alpha value is -2.04. The van der Waals surface area contributed by atoms with Crippen LogP contribution in [0.3, 0.4) is 0 Å². The Bertz CT molecular complexity index is 392. The van der Waals surface area contributed by atoms with Crippen LogP contribution in [0.5, 0.6) is 0 Å². The van der Waals surface area contributed by atoms with Crippen molar-refractivity contribution in [2.45, 2.75) is 25.9 Å². The van der Waals surface area contributed by atoms with Crippen molar-refractivity contribution in [2.24, 2.45) is 0 Å². The predicted molar refractivity (Wildman–Crippen MR) is 70.5 cm³/mol. The predicted octanol–water partition coefficient (Wildman–Crippen LogP) is 2.26. The molecular weight excluding hydrogens is 246 g/mol. The number of benzene rings is 1. The highest BCUT2D eigenvalue weighted by Gasteiger charge is 2.03. The van der Waals surface area contributed by atoms with Gasteiger partial charge in [-0.3, -0.25) is 4.79 Å². The summed E-state index contributed by atoms with van der Waals surface area (Å²) in [6.45, 7) is 0.804. The van der Waals surface area contributed by atoms with Crippen molar-refractivity contribution in [1.29, 1.82) is 0 Å². The summed E-state index contributed by atoms with van der Waals surface area (Å²) in [5.41, 5.74) is 0.975. The van der Waals surface area contributed by atoms with Crippen LogP contribution in [0.1, 0.15) is 24.8 Å². The van der Waals surface area contributed by atoms with Crippen molar-refractivity contribution >= 4 is 12.1 Å². The third-order valence-electron chi connectivity index (χ3n) is 2.51. The molecule has 5 nitrogen and oxygen atoms in total. The molecule has 0 unspecified atom stereocenters. The molecule has 5 heteroatoms. The van der Waals surface area contributed by atoms with E-state index in [-0.39, 0.29) is 5.97 Å².